The van der Waals surface area contributed by atoms with Gasteiger partial charge < -0.3 is 13.7 Å². The zero-order valence-electron chi connectivity index (χ0n) is 25.3. The van der Waals surface area contributed by atoms with E-state index >= 15 is 0 Å². The molecule has 0 atom stereocenters. The summed E-state index contributed by atoms with van der Waals surface area (Å²) in [4.78, 5) is 0. The average Bonchev–Trinajstić information content (AvgIpc) is 3.77. The summed E-state index contributed by atoms with van der Waals surface area (Å²) in [7, 11) is 0. The van der Waals surface area contributed by atoms with Crippen molar-refractivity contribution < 1.29 is 0 Å². The van der Waals surface area contributed by atoms with Crippen LogP contribution in [0.5, 0.6) is 0 Å². The second-order valence-electron chi connectivity index (χ2n) is 12.1. The third kappa shape index (κ3) is 3.46. The van der Waals surface area contributed by atoms with Gasteiger partial charge >= 0.3 is 0 Å². The third-order valence-electron chi connectivity index (χ3n) is 9.65. The zero-order valence-corrected chi connectivity index (χ0v) is 25.3. The molecule has 0 aliphatic carbocycles. The Balaban J connectivity index is 1.54. The van der Waals surface area contributed by atoms with E-state index in [1.54, 1.807) is 0 Å². The molecule has 0 aliphatic rings. The molecule has 3 aromatic heterocycles. The van der Waals surface area contributed by atoms with Crippen LogP contribution in [0, 0.1) is 11.3 Å². The maximum absolute atomic E-state index is 11.1. The van der Waals surface area contributed by atoms with Crippen LogP contribution in [0.1, 0.15) is 5.56 Å². The van der Waals surface area contributed by atoms with Crippen LogP contribution in [0.25, 0.3) is 82.5 Å². The first-order chi connectivity index (χ1) is 23.3. The molecule has 218 valence electrons. The lowest BCUT2D eigenvalue weighted by molar-refractivity contribution is 1.10. The average molecular weight is 599 g/mol. The van der Waals surface area contributed by atoms with Gasteiger partial charge in [-0.2, -0.15) is 5.26 Å². The largest absolute Gasteiger partial charge is 0.309 e. The second kappa shape index (κ2) is 9.71. The molecule has 0 amide bonds. The Kier molecular flexibility index (Phi) is 5.32. The number of aromatic nitrogens is 3. The van der Waals surface area contributed by atoms with E-state index in [4.69, 9.17) is 0 Å². The first kappa shape index (κ1) is 25.7. The molecule has 0 bridgehead atoms. The second-order valence-corrected chi connectivity index (χ2v) is 12.1. The zero-order chi connectivity index (χ0) is 31.1. The van der Waals surface area contributed by atoms with E-state index < -0.39 is 0 Å². The third-order valence-corrected chi connectivity index (χ3v) is 9.65. The number of fused-ring (bicyclic) bond motifs is 9. The Labute approximate surface area is 270 Å². The Morgan fingerprint density at radius 1 is 0.362 bits per heavy atom. The Hall–Kier alpha value is -6.57. The molecule has 4 heteroatoms. The molecule has 10 aromatic rings. The highest BCUT2D eigenvalue weighted by molar-refractivity contribution is 6.19. The van der Waals surface area contributed by atoms with Gasteiger partial charge in [-0.15, -0.1) is 0 Å². The van der Waals surface area contributed by atoms with Gasteiger partial charge in [-0.25, -0.2) is 0 Å². The standard InChI is InChI=1S/C43H26N4/c44-27-28-26-40-41(34-20-8-13-25-39(34)45(40)29-14-2-1-3-15-29)43(47-37-23-11-6-18-32(37)33-19-7-12-24-38(33)47)42(28)46-35-21-9-4-16-30(35)31-17-5-10-22-36(31)46/h1-26H. The molecule has 4 nitrogen and oxygen atoms in total. The van der Waals surface area contributed by atoms with E-state index in [1.165, 1.54) is 10.8 Å². The van der Waals surface area contributed by atoms with Gasteiger partial charge in [0, 0.05) is 38.0 Å². The highest BCUT2D eigenvalue weighted by Gasteiger charge is 2.27. The lowest BCUT2D eigenvalue weighted by Crippen LogP contribution is -2.07. The summed E-state index contributed by atoms with van der Waals surface area (Å²) in [5.41, 5.74) is 9.97. The smallest absolute Gasteiger partial charge is 0.101 e. The molecule has 0 spiro atoms. The number of rotatable bonds is 3. The highest BCUT2D eigenvalue weighted by Crippen LogP contribution is 2.45. The molecule has 0 N–H and O–H groups in total. The number of benzene rings is 7. The monoisotopic (exact) mass is 598 g/mol. The van der Waals surface area contributed by atoms with Crippen molar-refractivity contribution in [3.05, 3.63) is 163 Å². The number of nitriles is 1. The highest BCUT2D eigenvalue weighted by atomic mass is 15.1. The fourth-order valence-corrected chi connectivity index (χ4v) is 7.81. The van der Waals surface area contributed by atoms with Crippen molar-refractivity contribution >= 4 is 65.4 Å². The topological polar surface area (TPSA) is 38.6 Å². The van der Waals surface area contributed by atoms with Crippen molar-refractivity contribution in [2.75, 3.05) is 0 Å². The summed E-state index contributed by atoms with van der Waals surface area (Å²) in [6.07, 6.45) is 0. The molecule has 47 heavy (non-hydrogen) atoms. The molecule has 0 saturated carbocycles. The Bertz CT molecular complexity index is 2810. The molecule has 3 heterocycles. The van der Waals surface area contributed by atoms with Crippen LogP contribution in [0.3, 0.4) is 0 Å². The number of nitrogens with zero attached hydrogens (tertiary/aromatic N) is 4. The predicted molar refractivity (Wildman–Crippen MR) is 194 cm³/mol. The van der Waals surface area contributed by atoms with Crippen LogP contribution in [0.2, 0.25) is 0 Å². The molecule has 7 aromatic carbocycles. The summed E-state index contributed by atoms with van der Waals surface area (Å²) in [5.74, 6) is 0. The Morgan fingerprint density at radius 3 is 1.21 bits per heavy atom. The minimum Gasteiger partial charge on any atom is -0.309 e. The first-order valence-corrected chi connectivity index (χ1v) is 15.9. The van der Waals surface area contributed by atoms with E-state index in [-0.39, 0.29) is 0 Å². The van der Waals surface area contributed by atoms with Gasteiger partial charge in [-0.3, -0.25) is 0 Å². The van der Waals surface area contributed by atoms with Gasteiger partial charge in [0.1, 0.15) is 6.07 Å². The van der Waals surface area contributed by atoms with Crippen molar-refractivity contribution in [3.63, 3.8) is 0 Å². The van der Waals surface area contributed by atoms with Crippen LogP contribution in [-0.2, 0) is 0 Å². The summed E-state index contributed by atoms with van der Waals surface area (Å²) < 4.78 is 7.02. The van der Waals surface area contributed by atoms with Gasteiger partial charge in [0.25, 0.3) is 0 Å². The summed E-state index contributed by atoms with van der Waals surface area (Å²) in [6.45, 7) is 0. The molecule has 0 saturated heterocycles. The SMILES string of the molecule is N#Cc1cc2c(c(-n3c4ccccc4c4ccccc43)c1-n1c3ccccc3c3ccccc31)c1ccccc1n2-c1ccccc1. The van der Waals surface area contributed by atoms with E-state index in [9.17, 15) is 5.26 Å². The predicted octanol–water partition coefficient (Wildman–Crippen LogP) is 10.8. The summed E-state index contributed by atoms with van der Waals surface area (Å²) >= 11 is 0. The lowest BCUT2D eigenvalue weighted by Gasteiger charge is -2.20. The van der Waals surface area contributed by atoms with Crippen LogP contribution in [0.4, 0.5) is 0 Å². The first-order valence-electron chi connectivity index (χ1n) is 15.9. The van der Waals surface area contributed by atoms with Crippen molar-refractivity contribution in [3.8, 4) is 23.1 Å². The molecule has 10 rings (SSSR count). The van der Waals surface area contributed by atoms with Crippen LogP contribution in [-0.4, -0.2) is 13.7 Å². The fourth-order valence-electron chi connectivity index (χ4n) is 7.81. The fraction of sp³-hybridized carbons (Fsp3) is 0. The minimum absolute atomic E-state index is 0.612. The number of hydrogen-bond acceptors (Lipinski definition) is 1. The summed E-state index contributed by atoms with van der Waals surface area (Å²) in [6, 6.07) is 58.1. The quantitative estimate of drug-likeness (QED) is 0.199. The number of para-hydroxylation sites is 6. The lowest BCUT2D eigenvalue weighted by atomic mass is 10.0. The van der Waals surface area contributed by atoms with Crippen molar-refractivity contribution in [2.24, 2.45) is 0 Å². The van der Waals surface area contributed by atoms with Gasteiger partial charge in [0.15, 0.2) is 0 Å². The van der Waals surface area contributed by atoms with Crippen molar-refractivity contribution in [1.82, 2.24) is 13.7 Å². The Morgan fingerprint density at radius 2 is 0.745 bits per heavy atom. The maximum Gasteiger partial charge on any atom is 0.101 e. The van der Waals surface area contributed by atoms with Gasteiger partial charge in [0.2, 0.25) is 0 Å². The van der Waals surface area contributed by atoms with Crippen LogP contribution < -0.4 is 0 Å². The molecule has 0 radical (unpaired) electrons. The van der Waals surface area contributed by atoms with Crippen molar-refractivity contribution in [2.45, 2.75) is 0 Å². The molecule has 0 unspecified atom stereocenters. The van der Waals surface area contributed by atoms with E-state index in [0.29, 0.717) is 5.56 Å². The van der Waals surface area contributed by atoms with Crippen LogP contribution >= 0.6 is 0 Å². The molecule has 0 aliphatic heterocycles. The van der Waals surface area contributed by atoms with E-state index in [0.717, 1.165) is 71.7 Å². The normalized spacial score (nSPS) is 11.8. The van der Waals surface area contributed by atoms with E-state index in [2.05, 4.69) is 171 Å². The minimum atomic E-state index is 0.612. The van der Waals surface area contributed by atoms with Gasteiger partial charge in [-0.1, -0.05) is 109 Å². The van der Waals surface area contributed by atoms with E-state index in [1.807, 2.05) is 6.07 Å². The molecular formula is C43H26N4. The van der Waals surface area contributed by atoms with Gasteiger partial charge in [-0.05, 0) is 48.5 Å². The molecule has 0 fully saturated rings. The molecular weight excluding hydrogens is 573 g/mol. The van der Waals surface area contributed by atoms with Crippen molar-refractivity contribution in [1.29, 1.82) is 5.26 Å². The summed E-state index contributed by atoms with van der Waals surface area (Å²) in [5, 5.41) is 18.0. The maximum atomic E-state index is 11.1. The van der Waals surface area contributed by atoms with Gasteiger partial charge in [0.05, 0.1) is 50.0 Å². The van der Waals surface area contributed by atoms with Crippen LogP contribution in [0.15, 0.2) is 158 Å². The number of hydrogen-bond donors (Lipinski definition) is 0.